The molecule has 4 atom stereocenters. The van der Waals surface area contributed by atoms with Crippen molar-refractivity contribution >= 4 is 23.1 Å². The summed E-state index contributed by atoms with van der Waals surface area (Å²) >= 11 is 0. The van der Waals surface area contributed by atoms with E-state index in [4.69, 9.17) is 0 Å². The van der Waals surface area contributed by atoms with Gasteiger partial charge in [-0.15, -0.1) is 0 Å². The summed E-state index contributed by atoms with van der Waals surface area (Å²) in [5.74, 6) is -3.94. The predicted octanol–water partition coefficient (Wildman–Crippen LogP) is 2.06. The third-order valence-electron chi connectivity index (χ3n) is 6.26. The van der Waals surface area contributed by atoms with Crippen molar-refractivity contribution in [2.75, 3.05) is 6.61 Å². The number of rotatable bonds is 5. The molecule has 1 fully saturated rings. The minimum absolute atomic E-state index is 0.00351. The maximum absolute atomic E-state index is 12.7. The number of hydrogen-bond acceptors (Lipinski definition) is 6. The topological polar surface area (TPSA) is 109 Å². The summed E-state index contributed by atoms with van der Waals surface area (Å²) in [7, 11) is 0. The molecule has 0 aliphatic heterocycles. The first-order valence-electron chi connectivity index (χ1n) is 9.83. The van der Waals surface area contributed by atoms with Crippen molar-refractivity contribution in [2.24, 2.45) is 23.7 Å². The second kappa shape index (κ2) is 7.95. The highest BCUT2D eigenvalue weighted by atomic mass is 16.3. The Hall–Kier alpha value is -2.34. The van der Waals surface area contributed by atoms with Gasteiger partial charge in [-0.3, -0.25) is 19.2 Å². The van der Waals surface area contributed by atoms with Gasteiger partial charge in [0.05, 0.1) is 12.2 Å². The molecular formula is C22H26O6. The maximum atomic E-state index is 12.7. The molecule has 2 aliphatic carbocycles. The van der Waals surface area contributed by atoms with Gasteiger partial charge in [0.25, 0.3) is 0 Å². The molecular weight excluding hydrogens is 360 g/mol. The summed E-state index contributed by atoms with van der Waals surface area (Å²) < 4.78 is 0. The number of aryl methyl sites for hydroxylation is 1. The molecule has 0 bridgehead atoms. The Morgan fingerprint density at radius 2 is 1.86 bits per heavy atom. The normalized spacial score (nSPS) is 27.6. The fraction of sp³-hybridized carbons (Fsp3) is 0.545. The van der Waals surface area contributed by atoms with Crippen molar-refractivity contribution in [1.82, 2.24) is 0 Å². The number of ketones is 4. The highest BCUT2D eigenvalue weighted by molar-refractivity contribution is 6.20. The first kappa shape index (κ1) is 20.4. The Morgan fingerprint density at radius 3 is 2.46 bits per heavy atom. The zero-order valence-electron chi connectivity index (χ0n) is 16.2. The molecule has 4 unspecified atom stereocenters. The lowest BCUT2D eigenvalue weighted by Crippen LogP contribution is -2.46. The first-order chi connectivity index (χ1) is 13.3. The molecule has 0 radical (unpaired) electrons. The largest absolute Gasteiger partial charge is 0.507 e. The zero-order chi connectivity index (χ0) is 20.6. The van der Waals surface area contributed by atoms with Gasteiger partial charge >= 0.3 is 0 Å². The third-order valence-corrected chi connectivity index (χ3v) is 6.26. The molecule has 0 saturated heterocycles. The number of benzene rings is 1. The van der Waals surface area contributed by atoms with Crippen LogP contribution in [-0.4, -0.2) is 40.0 Å². The molecule has 6 nitrogen and oxygen atoms in total. The number of phenols is 1. The molecule has 150 valence electrons. The molecule has 1 aromatic rings. The standard InChI is InChI=1S/C22H26O6/c1-3-13-4-5-17(25)21-15(13)7-12(8-18(21)26)6-14-9-19(27)20(11(2)24)22(28)16(14)10-23/h4-5,12,14,16,20,23,25H,3,6-10H2,1-2H3. The molecule has 6 heteroatoms. The predicted molar refractivity (Wildman–Crippen MR) is 101 cm³/mol. The van der Waals surface area contributed by atoms with E-state index in [0.29, 0.717) is 18.4 Å². The first-order valence-corrected chi connectivity index (χ1v) is 9.83. The van der Waals surface area contributed by atoms with Crippen molar-refractivity contribution < 1.29 is 29.4 Å². The van der Waals surface area contributed by atoms with Gasteiger partial charge in [-0.05, 0) is 55.2 Å². The van der Waals surface area contributed by atoms with Crippen LogP contribution in [0.1, 0.15) is 54.6 Å². The maximum Gasteiger partial charge on any atom is 0.167 e. The van der Waals surface area contributed by atoms with E-state index in [2.05, 4.69) is 0 Å². The molecule has 3 rings (SSSR count). The van der Waals surface area contributed by atoms with Crippen LogP contribution < -0.4 is 0 Å². The average molecular weight is 386 g/mol. The summed E-state index contributed by atoms with van der Waals surface area (Å²) in [6.07, 6.45) is 2.09. The number of fused-ring (bicyclic) bond motifs is 1. The third kappa shape index (κ3) is 3.53. The second-order valence-electron chi connectivity index (χ2n) is 8.05. The van der Waals surface area contributed by atoms with Crippen LogP contribution in [0, 0.1) is 23.7 Å². The van der Waals surface area contributed by atoms with E-state index in [-0.39, 0.29) is 42.0 Å². The minimum Gasteiger partial charge on any atom is -0.507 e. The van der Waals surface area contributed by atoms with Crippen LogP contribution >= 0.6 is 0 Å². The van der Waals surface area contributed by atoms with Gasteiger partial charge < -0.3 is 10.2 Å². The SMILES string of the molecule is CCc1ccc(O)c2c1CC(CC1CC(=O)C(C(C)=O)C(=O)C1CO)CC2=O. The van der Waals surface area contributed by atoms with Gasteiger partial charge in [0.1, 0.15) is 17.5 Å². The summed E-state index contributed by atoms with van der Waals surface area (Å²) in [6.45, 7) is 2.81. The lowest BCUT2D eigenvalue weighted by atomic mass is 9.66. The number of aromatic hydroxyl groups is 1. The number of Topliss-reactive ketones (excluding diaryl/α,β-unsaturated/α-hetero) is 4. The average Bonchev–Trinajstić information content (AvgIpc) is 2.61. The highest BCUT2D eigenvalue weighted by Crippen LogP contribution is 2.40. The van der Waals surface area contributed by atoms with E-state index in [0.717, 1.165) is 17.5 Å². The highest BCUT2D eigenvalue weighted by Gasteiger charge is 2.46. The molecule has 0 amide bonds. The van der Waals surface area contributed by atoms with Crippen molar-refractivity contribution in [3.05, 3.63) is 28.8 Å². The Kier molecular flexibility index (Phi) is 5.79. The van der Waals surface area contributed by atoms with Crippen LogP contribution in [0.2, 0.25) is 0 Å². The molecule has 1 saturated carbocycles. The van der Waals surface area contributed by atoms with Crippen LogP contribution in [0.5, 0.6) is 5.75 Å². The fourth-order valence-corrected chi connectivity index (χ4v) is 4.91. The number of carbonyl (C=O) groups excluding carboxylic acids is 4. The molecule has 0 heterocycles. The van der Waals surface area contributed by atoms with E-state index < -0.39 is 30.0 Å². The molecule has 1 aromatic carbocycles. The van der Waals surface area contributed by atoms with Crippen molar-refractivity contribution in [1.29, 1.82) is 0 Å². The van der Waals surface area contributed by atoms with Gasteiger partial charge in [0.15, 0.2) is 17.3 Å². The molecule has 2 aliphatic rings. The van der Waals surface area contributed by atoms with Crippen molar-refractivity contribution in [3.8, 4) is 5.75 Å². The quantitative estimate of drug-likeness (QED) is 0.750. The lowest BCUT2D eigenvalue weighted by molar-refractivity contribution is -0.147. The summed E-state index contributed by atoms with van der Waals surface area (Å²) in [6, 6.07) is 3.38. The van der Waals surface area contributed by atoms with Crippen LogP contribution in [0.25, 0.3) is 0 Å². The minimum atomic E-state index is -1.26. The van der Waals surface area contributed by atoms with Crippen LogP contribution in [0.4, 0.5) is 0 Å². The fourth-order valence-electron chi connectivity index (χ4n) is 4.91. The van der Waals surface area contributed by atoms with E-state index >= 15 is 0 Å². The van der Waals surface area contributed by atoms with Crippen LogP contribution in [-0.2, 0) is 27.2 Å². The van der Waals surface area contributed by atoms with Gasteiger partial charge in [-0.1, -0.05) is 13.0 Å². The van der Waals surface area contributed by atoms with Gasteiger partial charge in [-0.2, -0.15) is 0 Å². The number of aliphatic hydroxyl groups excluding tert-OH is 1. The number of aliphatic hydroxyl groups is 1. The van der Waals surface area contributed by atoms with E-state index in [1.165, 1.54) is 6.92 Å². The molecule has 28 heavy (non-hydrogen) atoms. The molecule has 0 spiro atoms. The lowest BCUT2D eigenvalue weighted by Gasteiger charge is -2.35. The molecule has 2 N–H and O–H groups in total. The number of carbonyl (C=O) groups is 4. The second-order valence-corrected chi connectivity index (χ2v) is 8.05. The molecule has 0 aromatic heterocycles. The van der Waals surface area contributed by atoms with E-state index in [1.54, 1.807) is 6.07 Å². The van der Waals surface area contributed by atoms with E-state index in [9.17, 15) is 29.4 Å². The van der Waals surface area contributed by atoms with E-state index in [1.807, 2.05) is 13.0 Å². The summed E-state index contributed by atoms with van der Waals surface area (Å²) in [5, 5.41) is 19.8. The zero-order valence-corrected chi connectivity index (χ0v) is 16.2. The number of phenolic OH excluding ortho intramolecular Hbond substituents is 1. The summed E-state index contributed by atoms with van der Waals surface area (Å²) in [5.41, 5.74) is 2.25. The van der Waals surface area contributed by atoms with Gasteiger partial charge in [-0.25, -0.2) is 0 Å². The van der Waals surface area contributed by atoms with Crippen LogP contribution in [0.3, 0.4) is 0 Å². The smallest absolute Gasteiger partial charge is 0.167 e. The summed E-state index contributed by atoms with van der Waals surface area (Å²) in [4.78, 5) is 49.2. The van der Waals surface area contributed by atoms with Crippen molar-refractivity contribution in [3.63, 3.8) is 0 Å². The Labute approximate surface area is 163 Å². The van der Waals surface area contributed by atoms with Crippen LogP contribution in [0.15, 0.2) is 12.1 Å². The Morgan fingerprint density at radius 1 is 1.14 bits per heavy atom. The van der Waals surface area contributed by atoms with Gasteiger partial charge in [0.2, 0.25) is 0 Å². The van der Waals surface area contributed by atoms with Gasteiger partial charge in [0, 0.05) is 18.8 Å². The monoisotopic (exact) mass is 386 g/mol. The van der Waals surface area contributed by atoms with Crippen molar-refractivity contribution in [2.45, 2.75) is 46.0 Å². The Bertz CT molecular complexity index is 840. The number of hydrogen-bond donors (Lipinski definition) is 2. The Balaban J connectivity index is 1.84.